The molecular formula is C21H17ClN2O6. The second-order valence-corrected chi connectivity index (χ2v) is 7.35. The van der Waals surface area contributed by atoms with Crippen LogP contribution in [0.3, 0.4) is 0 Å². The van der Waals surface area contributed by atoms with Crippen molar-refractivity contribution >= 4 is 34.2 Å². The van der Waals surface area contributed by atoms with E-state index in [1.165, 1.54) is 23.1 Å². The van der Waals surface area contributed by atoms with E-state index in [0.717, 1.165) is 0 Å². The van der Waals surface area contributed by atoms with Gasteiger partial charge in [0.15, 0.2) is 5.43 Å². The summed E-state index contributed by atoms with van der Waals surface area (Å²) in [6.45, 7) is 0.765. The molecule has 0 spiro atoms. The van der Waals surface area contributed by atoms with Crippen molar-refractivity contribution in [3.05, 3.63) is 84.7 Å². The number of hydrogen-bond acceptors (Lipinski definition) is 6. The number of non-ortho nitro benzene ring substituents is 1. The first-order valence-electron chi connectivity index (χ1n) is 9.23. The molecule has 1 unspecified atom stereocenters. The number of fused-ring (bicyclic) bond motifs is 2. The highest BCUT2D eigenvalue weighted by Crippen LogP contribution is 2.38. The molecule has 0 radical (unpaired) electrons. The number of rotatable bonds is 6. The van der Waals surface area contributed by atoms with Crippen molar-refractivity contribution in [2.24, 2.45) is 0 Å². The van der Waals surface area contributed by atoms with Gasteiger partial charge in [-0.3, -0.25) is 19.7 Å². The first-order chi connectivity index (χ1) is 14.4. The van der Waals surface area contributed by atoms with Crippen molar-refractivity contribution in [1.29, 1.82) is 0 Å². The van der Waals surface area contributed by atoms with Crippen LogP contribution in [-0.4, -0.2) is 36.0 Å². The molecule has 0 saturated heterocycles. The normalized spacial score (nSPS) is 15.6. The summed E-state index contributed by atoms with van der Waals surface area (Å²) in [6.07, 6.45) is 0.555. The number of carbonyl (C=O) groups excluding carboxylic acids is 1. The van der Waals surface area contributed by atoms with Crippen LogP contribution in [0.2, 0.25) is 5.02 Å². The van der Waals surface area contributed by atoms with Crippen LogP contribution in [0.25, 0.3) is 11.0 Å². The molecule has 0 bridgehead atoms. The van der Waals surface area contributed by atoms with Crippen molar-refractivity contribution in [3.8, 4) is 0 Å². The first kappa shape index (κ1) is 20.1. The third kappa shape index (κ3) is 3.34. The van der Waals surface area contributed by atoms with E-state index in [1.54, 1.807) is 31.4 Å². The van der Waals surface area contributed by atoms with E-state index in [0.29, 0.717) is 30.2 Å². The van der Waals surface area contributed by atoms with E-state index in [1.807, 2.05) is 0 Å². The molecular weight excluding hydrogens is 412 g/mol. The molecule has 0 aliphatic carbocycles. The molecule has 4 rings (SSSR count). The molecule has 0 fully saturated rings. The first-order valence-corrected chi connectivity index (χ1v) is 9.60. The Kier molecular flexibility index (Phi) is 5.27. The second-order valence-electron chi connectivity index (χ2n) is 6.91. The van der Waals surface area contributed by atoms with E-state index in [-0.39, 0.29) is 33.4 Å². The van der Waals surface area contributed by atoms with Gasteiger partial charge in [-0.05, 0) is 42.3 Å². The van der Waals surface area contributed by atoms with Gasteiger partial charge in [-0.15, -0.1) is 0 Å². The third-order valence-corrected chi connectivity index (χ3v) is 5.33. The summed E-state index contributed by atoms with van der Waals surface area (Å²) >= 11 is 6.05. The molecule has 1 aromatic heterocycles. The lowest BCUT2D eigenvalue weighted by molar-refractivity contribution is -0.384. The summed E-state index contributed by atoms with van der Waals surface area (Å²) in [7, 11) is 1.57. The molecule has 0 N–H and O–H groups in total. The van der Waals surface area contributed by atoms with E-state index in [2.05, 4.69) is 0 Å². The summed E-state index contributed by atoms with van der Waals surface area (Å²) in [5, 5.41) is 11.7. The zero-order chi connectivity index (χ0) is 21.4. The minimum absolute atomic E-state index is 0.0180. The van der Waals surface area contributed by atoms with E-state index < -0.39 is 16.9 Å². The Hall–Kier alpha value is -3.23. The van der Waals surface area contributed by atoms with Crippen LogP contribution >= 0.6 is 11.6 Å². The van der Waals surface area contributed by atoms with Gasteiger partial charge >= 0.3 is 0 Å². The minimum Gasteiger partial charge on any atom is -0.450 e. The number of nitrogens with zero attached hydrogens (tertiary/aromatic N) is 2. The van der Waals surface area contributed by atoms with Crippen molar-refractivity contribution in [1.82, 2.24) is 4.90 Å². The summed E-state index contributed by atoms with van der Waals surface area (Å²) < 4.78 is 10.9. The highest BCUT2D eigenvalue weighted by atomic mass is 35.5. The molecule has 2 aromatic carbocycles. The molecule has 8 nitrogen and oxygen atoms in total. The van der Waals surface area contributed by atoms with Crippen LogP contribution in [0, 0.1) is 10.1 Å². The maximum atomic E-state index is 13.3. The van der Waals surface area contributed by atoms with Crippen LogP contribution in [-0.2, 0) is 4.74 Å². The van der Waals surface area contributed by atoms with Gasteiger partial charge < -0.3 is 14.1 Å². The Morgan fingerprint density at radius 3 is 2.60 bits per heavy atom. The standard InChI is InChI=1S/C21H17ClN2O6/c1-29-10-2-9-23-18(12-3-6-14(7-4-12)24(27)28)17-19(25)15-11-13(22)5-8-16(15)30-20(17)21(23)26/h3-8,11,18H,2,9-10H2,1H3. The molecule has 3 aromatic rings. The Labute approximate surface area is 175 Å². The summed E-state index contributed by atoms with van der Waals surface area (Å²) in [6, 6.07) is 9.74. The van der Waals surface area contributed by atoms with Gasteiger partial charge in [0.1, 0.15) is 5.58 Å². The highest BCUT2D eigenvalue weighted by Gasteiger charge is 2.42. The summed E-state index contributed by atoms with van der Waals surface area (Å²) in [5.74, 6) is -0.422. The van der Waals surface area contributed by atoms with Gasteiger partial charge in [-0.2, -0.15) is 0 Å². The molecule has 30 heavy (non-hydrogen) atoms. The fraction of sp³-hybridized carbons (Fsp3) is 0.238. The van der Waals surface area contributed by atoms with Gasteiger partial charge in [0.05, 0.1) is 21.9 Å². The van der Waals surface area contributed by atoms with E-state index in [9.17, 15) is 19.7 Å². The third-order valence-electron chi connectivity index (χ3n) is 5.09. The Balaban J connectivity index is 1.89. The molecule has 1 amide bonds. The predicted octanol–water partition coefficient (Wildman–Crippen LogP) is 3.94. The number of benzene rings is 2. The summed E-state index contributed by atoms with van der Waals surface area (Å²) in [5.41, 5.74) is 0.642. The number of halogens is 1. The lowest BCUT2D eigenvalue weighted by Crippen LogP contribution is -2.31. The smallest absolute Gasteiger partial charge is 0.290 e. The van der Waals surface area contributed by atoms with Crippen molar-refractivity contribution < 1.29 is 18.9 Å². The molecule has 154 valence electrons. The fourth-order valence-corrected chi connectivity index (χ4v) is 3.90. The van der Waals surface area contributed by atoms with Gasteiger partial charge in [-0.25, -0.2) is 0 Å². The van der Waals surface area contributed by atoms with Crippen molar-refractivity contribution in [2.75, 3.05) is 20.3 Å². The van der Waals surface area contributed by atoms with Crippen LogP contribution in [0.5, 0.6) is 0 Å². The average Bonchev–Trinajstić information content (AvgIpc) is 3.01. The molecule has 2 heterocycles. The lowest BCUT2D eigenvalue weighted by Gasteiger charge is -2.25. The molecule has 9 heteroatoms. The monoisotopic (exact) mass is 428 g/mol. The van der Waals surface area contributed by atoms with Gasteiger partial charge in [0.25, 0.3) is 11.6 Å². The second kappa shape index (κ2) is 7.89. The van der Waals surface area contributed by atoms with Crippen LogP contribution in [0.1, 0.15) is 34.1 Å². The maximum Gasteiger partial charge on any atom is 0.290 e. The number of ether oxygens (including phenoxy) is 1. The van der Waals surface area contributed by atoms with Crippen LogP contribution in [0.4, 0.5) is 5.69 Å². The Bertz CT molecular complexity index is 1200. The van der Waals surface area contributed by atoms with Gasteiger partial charge in [0.2, 0.25) is 5.76 Å². The lowest BCUT2D eigenvalue weighted by atomic mass is 9.98. The molecule has 1 aliphatic rings. The summed E-state index contributed by atoms with van der Waals surface area (Å²) in [4.78, 5) is 38.5. The molecule has 1 atom stereocenters. The fourth-order valence-electron chi connectivity index (χ4n) is 3.73. The number of nitro groups is 1. The number of amides is 1. The van der Waals surface area contributed by atoms with Crippen LogP contribution in [0.15, 0.2) is 51.7 Å². The minimum atomic E-state index is -0.718. The van der Waals surface area contributed by atoms with E-state index in [4.69, 9.17) is 20.8 Å². The Morgan fingerprint density at radius 1 is 1.20 bits per heavy atom. The van der Waals surface area contributed by atoms with Gasteiger partial charge in [-0.1, -0.05) is 11.6 Å². The maximum absolute atomic E-state index is 13.3. The number of methoxy groups -OCH3 is 1. The van der Waals surface area contributed by atoms with Gasteiger partial charge in [0, 0.05) is 37.4 Å². The highest BCUT2D eigenvalue weighted by molar-refractivity contribution is 6.31. The number of nitro benzene ring substituents is 1. The quantitative estimate of drug-likeness (QED) is 0.334. The van der Waals surface area contributed by atoms with Crippen LogP contribution < -0.4 is 5.43 Å². The largest absolute Gasteiger partial charge is 0.450 e. The van der Waals surface area contributed by atoms with E-state index >= 15 is 0 Å². The molecule has 1 aliphatic heterocycles. The number of carbonyl (C=O) groups is 1. The number of hydrogen-bond donors (Lipinski definition) is 0. The Morgan fingerprint density at radius 2 is 1.93 bits per heavy atom. The SMILES string of the molecule is COCCCN1C(=O)c2oc3ccc(Cl)cc3c(=O)c2C1c1ccc([N+](=O)[O-])cc1. The van der Waals surface area contributed by atoms with Crippen molar-refractivity contribution in [2.45, 2.75) is 12.5 Å². The average molecular weight is 429 g/mol. The zero-order valence-electron chi connectivity index (χ0n) is 16.0. The topological polar surface area (TPSA) is 103 Å². The van der Waals surface area contributed by atoms with Crippen molar-refractivity contribution in [3.63, 3.8) is 0 Å². The zero-order valence-corrected chi connectivity index (χ0v) is 16.7. The predicted molar refractivity (Wildman–Crippen MR) is 110 cm³/mol. The molecule has 0 saturated carbocycles.